The smallest absolute Gasteiger partial charge is 0.0642 e. The molecule has 1 aliphatic heterocycles. The van der Waals surface area contributed by atoms with Gasteiger partial charge in [0.1, 0.15) is 0 Å². The van der Waals surface area contributed by atoms with E-state index in [4.69, 9.17) is 11.2 Å². The summed E-state index contributed by atoms with van der Waals surface area (Å²) in [4.78, 5) is 2.38. The highest BCUT2D eigenvalue weighted by atomic mass is 16.5. The number of hydrogen-bond acceptors (Lipinski definition) is 2. The van der Waals surface area contributed by atoms with Crippen molar-refractivity contribution < 1.29 is 4.74 Å². The van der Waals surface area contributed by atoms with Crippen molar-refractivity contribution >= 4 is 5.69 Å². The highest BCUT2D eigenvalue weighted by Crippen LogP contribution is 2.22. The normalized spacial score (nSPS) is 15.8. The van der Waals surface area contributed by atoms with Gasteiger partial charge in [-0.05, 0) is 18.1 Å². The summed E-state index contributed by atoms with van der Waals surface area (Å²) in [5.41, 5.74) is 2.67. The van der Waals surface area contributed by atoms with Gasteiger partial charge < -0.3 is 9.64 Å². The lowest BCUT2D eigenvalue weighted by molar-refractivity contribution is 0.122. The van der Waals surface area contributed by atoms with Gasteiger partial charge in [0.05, 0.1) is 13.2 Å². The molecule has 0 unspecified atom stereocenters. The van der Waals surface area contributed by atoms with Crippen LogP contribution in [0.5, 0.6) is 0 Å². The lowest BCUT2D eigenvalue weighted by Gasteiger charge is -2.30. The fourth-order valence-corrected chi connectivity index (χ4v) is 2.04. The second kappa shape index (κ2) is 5.58. The number of anilines is 1. The van der Waals surface area contributed by atoms with E-state index in [1.165, 1.54) is 11.3 Å². The molecule has 1 fully saturated rings. The van der Waals surface area contributed by atoms with Gasteiger partial charge in [-0.15, -0.1) is 12.3 Å². The number of para-hydroxylation sites is 1. The molecule has 0 N–H and O–H groups in total. The molecule has 2 rings (SSSR count). The molecule has 1 aliphatic rings. The second-order valence-electron chi connectivity index (χ2n) is 3.93. The molecule has 1 aromatic rings. The molecule has 0 aliphatic carbocycles. The summed E-state index contributed by atoms with van der Waals surface area (Å²) in [5.74, 6) is 2.70. The Balaban J connectivity index is 2.14. The maximum Gasteiger partial charge on any atom is 0.0642 e. The number of rotatable bonds is 3. The first-order chi connectivity index (χ1) is 7.92. The zero-order valence-electron chi connectivity index (χ0n) is 9.48. The molecule has 0 radical (unpaired) electrons. The number of nitrogens with zero attached hydrogens (tertiary/aromatic N) is 1. The van der Waals surface area contributed by atoms with E-state index in [1.54, 1.807) is 0 Å². The maximum absolute atomic E-state index is 5.37. The van der Waals surface area contributed by atoms with Crippen LogP contribution in [-0.2, 0) is 11.2 Å². The standard InChI is InChI=1S/C14H17NO/c1-2-3-6-13-7-4-5-8-14(13)15-9-11-16-12-10-15/h1,4-5,7-8H,3,6,9-12H2. The molecule has 2 heteroatoms. The Kier molecular flexibility index (Phi) is 3.85. The van der Waals surface area contributed by atoms with Gasteiger partial charge in [-0.1, -0.05) is 18.2 Å². The predicted octanol–water partition coefficient (Wildman–Crippen LogP) is 2.09. The highest BCUT2D eigenvalue weighted by molar-refractivity contribution is 5.54. The van der Waals surface area contributed by atoms with E-state index in [-0.39, 0.29) is 0 Å². The van der Waals surface area contributed by atoms with Crippen molar-refractivity contribution in [3.63, 3.8) is 0 Å². The lowest BCUT2D eigenvalue weighted by Crippen LogP contribution is -2.36. The SMILES string of the molecule is C#CCCc1ccccc1N1CCOCC1. The minimum absolute atomic E-state index is 0.807. The molecule has 1 heterocycles. The van der Waals surface area contributed by atoms with Gasteiger partial charge in [0.15, 0.2) is 0 Å². The van der Waals surface area contributed by atoms with Crippen LogP contribution in [0.2, 0.25) is 0 Å². The highest BCUT2D eigenvalue weighted by Gasteiger charge is 2.13. The first kappa shape index (κ1) is 11.0. The largest absolute Gasteiger partial charge is 0.378 e. The zero-order chi connectivity index (χ0) is 11.2. The van der Waals surface area contributed by atoms with Gasteiger partial charge in [0, 0.05) is 25.2 Å². The molecule has 0 bridgehead atoms. The number of hydrogen-bond donors (Lipinski definition) is 0. The van der Waals surface area contributed by atoms with Crippen LogP contribution in [0, 0.1) is 12.3 Å². The van der Waals surface area contributed by atoms with Crippen molar-refractivity contribution in [3.05, 3.63) is 29.8 Å². The van der Waals surface area contributed by atoms with Crippen LogP contribution in [0.25, 0.3) is 0 Å². The summed E-state index contributed by atoms with van der Waals surface area (Å²) in [6, 6.07) is 8.51. The van der Waals surface area contributed by atoms with Crippen LogP contribution < -0.4 is 4.90 Å². The third-order valence-electron chi connectivity index (χ3n) is 2.88. The van der Waals surface area contributed by atoms with Crippen molar-refractivity contribution in [2.75, 3.05) is 31.2 Å². The van der Waals surface area contributed by atoms with Gasteiger partial charge in [-0.3, -0.25) is 0 Å². The minimum atomic E-state index is 0.807. The van der Waals surface area contributed by atoms with Crippen LogP contribution in [0.15, 0.2) is 24.3 Å². The van der Waals surface area contributed by atoms with Crippen molar-refractivity contribution in [2.24, 2.45) is 0 Å². The zero-order valence-corrected chi connectivity index (χ0v) is 9.48. The van der Waals surface area contributed by atoms with Crippen LogP contribution in [0.4, 0.5) is 5.69 Å². The Morgan fingerprint density at radius 1 is 1.25 bits per heavy atom. The van der Waals surface area contributed by atoms with Crippen molar-refractivity contribution in [3.8, 4) is 12.3 Å². The molecule has 84 valence electrons. The Hall–Kier alpha value is -1.46. The van der Waals surface area contributed by atoms with Gasteiger partial charge >= 0.3 is 0 Å². The molecule has 1 aromatic carbocycles. The first-order valence-electron chi connectivity index (χ1n) is 5.76. The van der Waals surface area contributed by atoms with Crippen LogP contribution >= 0.6 is 0 Å². The quantitative estimate of drug-likeness (QED) is 0.716. The van der Waals surface area contributed by atoms with Crippen LogP contribution in [-0.4, -0.2) is 26.3 Å². The van der Waals surface area contributed by atoms with Gasteiger partial charge in [-0.25, -0.2) is 0 Å². The van der Waals surface area contributed by atoms with E-state index in [9.17, 15) is 0 Å². The number of terminal acetylenes is 1. The summed E-state index contributed by atoms with van der Waals surface area (Å²) in [6.45, 7) is 3.60. The molecule has 0 amide bonds. The van der Waals surface area contributed by atoms with Crippen LogP contribution in [0.1, 0.15) is 12.0 Å². The summed E-state index contributed by atoms with van der Waals surface area (Å²) >= 11 is 0. The van der Waals surface area contributed by atoms with Gasteiger partial charge in [0.2, 0.25) is 0 Å². The van der Waals surface area contributed by atoms with Crippen molar-refractivity contribution in [1.82, 2.24) is 0 Å². The molecule has 0 aromatic heterocycles. The molecular weight excluding hydrogens is 198 g/mol. The third-order valence-corrected chi connectivity index (χ3v) is 2.88. The summed E-state index contributed by atoms with van der Waals surface area (Å²) < 4.78 is 5.37. The summed E-state index contributed by atoms with van der Waals surface area (Å²) in [6.07, 6.45) is 7.09. The van der Waals surface area contributed by atoms with E-state index in [0.29, 0.717) is 0 Å². The fraction of sp³-hybridized carbons (Fsp3) is 0.429. The number of ether oxygens (including phenoxy) is 1. The minimum Gasteiger partial charge on any atom is -0.378 e. The van der Waals surface area contributed by atoms with E-state index in [2.05, 4.69) is 35.1 Å². The average molecular weight is 215 g/mol. The van der Waals surface area contributed by atoms with E-state index in [1.807, 2.05) is 0 Å². The first-order valence-corrected chi connectivity index (χ1v) is 5.76. The van der Waals surface area contributed by atoms with Gasteiger partial charge in [-0.2, -0.15) is 0 Å². The molecule has 0 spiro atoms. The second-order valence-corrected chi connectivity index (χ2v) is 3.93. The topological polar surface area (TPSA) is 12.5 Å². The van der Waals surface area contributed by atoms with Crippen molar-refractivity contribution in [1.29, 1.82) is 0 Å². The number of morpholine rings is 1. The van der Waals surface area contributed by atoms with E-state index in [0.717, 1.165) is 39.1 Å². The third kappa shape index (κ3) is 2.56. The average Bonchev–Trinajstić information content (AvgIpc) is 2.38. The van der Waals surface area contributed by atoms with E-state index >= 15 is 0 Å². The Morgan fingerprint density at radius 3 is 2.75 bits per heavy atom. The Bertz CT molecular complexity index is 375. The fourth-order valence-electron chi connectivity index (χ4n) is 2.04. The predicted molar refractivity (Wildman–Crippen MR) is 66.6 cm³/mol. The monoisotopic (exact) mass is 215 g/mol. The Morgan fingerprint density at radius 2 is 2.00 bits per heavy atom. The molecule has 0 saturated carbocycles. The molecule has 16 heavy (non-hydrogen) atoms. The number of aryl methyl sites for hydroxylation is 1. The maximum atomic E-state index is 5.37. The van der Waals surface area contributed by atoms with E-state index < -0.39 is 0 Å². The molecule has 1 saturated heterocycles. The molecular formula is C14H17NO. The van der Waals surface area contributed by atoms with Crippen molar-refractivity contribution in [2.45, 2.75) is 12.8 Å². The Labute approximate surface area is 97.2 Å². The number of benzene rings is 1. The molecule has 2 nitrogen and oxygen atoms in total. The summed E-state index contributed by atoms with van der Waals surface area (Å²) in [7, 11) is 0. The lowest BCUT2D eigenvalue weighted by atomic mass is 10.1. The van der Waals surface area contributed by atoms with Crippen LogP contribution in [0.3, 0.4) is 0 Å². The summed E-state index contributed by atoms with van der Waals surface area (Å²) in [5, 5.41) is 0. The van der Waals surface area contributed by atoms with Gasteiger partial charge in [0.25, 0.3) is 0 Å². The molecule has 0 atom stereocenters.